The molecular formula is C17H23FN2S. The van der Waals surface area contributed by atoms with E-state index in [0.717, 1.165) is 36.1 Å². The van der Waals surface area contributed by atoms with Crippen LogP contribution in [-0.2, 0) is 13.1 Å². The monoisotopic (exact) mass is 306 g/mol. The summed E-state index contributed by atoms with van der Waals surface area (Å²) in [5.74, 6) is -0.0790. The summed E-state index contributed by atoms with van der Waals surface area (Å²) in [4.78, 5) is 3.66. The van der Waals surface area contributed by atoms with Gasteiger partial charge in [-0.3, -0.25) is 4.90 Å². The van der Waals surface area contributed by atoms with Gasteiger partial charge in [0.25, 0.3) is 0 Å². The van der Waals surface area contributed by atoms with Crippen molar-refractivity contribution in [2.45, 2.75) is 45.3 Å². The first kappa shape index (κ1) is 14.9. The maximum atomic E-state index is 14.3. The fourth-order valence-corrected chi connectivity index (χ4v) is 4.00. The minimum atomic E-state index is -0.0790. The lowest BCUT2D eigenvalue weighted by molar-refractivity contribution is 0.316. The summed E-state index contributed by atoms with van der Waals surface area (Å²) >= 11 is 1.73. The predicted molar refractivity (Wildman–Crippen MR) is 88.3 cm³/mol. The van der Waals surface area contributed by atoms with Gasteiger partial charge in [0.1, 0.15) is 5.82 Å². The van der Waals surface area contributed by atoms with Crippen LogP contribution in [0.15, 0.2) is 18.2 Å². The number of nitrogens with one attached hydrogen (secondary N) is 1. The van der Waals surface area contributed by atoms with Crippen LogP contribution in [0, 0.1) is 5.82 Å². The van der Waals surface area contributed by atoms with Gasteiger partial charge in [-0.1, -0.05) is 13.0 Å². The molecule has 114 valence electrons. The molecule has 3 rings (SSSR count). The SMILES string of the molecule is CCCNCc1sc2cccc(F)c2c1CN(C)C1CC1. The third-order valence-corrected chi connectivity index (χ3v) is 5.33. The Balaban J connectivity index is 1.92. The quantitative estimate of drug-likeness (QED) is 0.774. The number of hydrogen-bond donors (Lipinski definition) is 1. The Labute approximate surface area is 130 Å². The molecule has 1 saturated carbocycles. The number of rotatable bonds is 7. The predicted octanol–water partition coefficient (Wildman–Crippen LogP) is 4.13. The molecule has 0 aliphatic heterocycles. The highest BCUT2D eigenvalue weighted by molar-refractivity contribution is 7.19. The Kier molecular flexibility index (Phi) is 4.57. The molecule has 0 unspecified atom stereocenters. The van der Waals surface area contributed by atoms with Crippen LogP contribution in [0.4, 0.5) is 4.39 Å². The first-order valence-electron chi connectivity index (χ1n) is 7.80. The molecule has 2 aromatic rings. The molecule has 0 atom stereocenters. The van der Waals surface area contributed by atoms with E-state index >= 15 is 0 Å². The fraction of sp³-hybridized carbons (Fsp3) is 0.529. The summed E-state index contributed by atoms with van der Waals surface area (Å²) in [7, 11) is 2.16. The molecular weight excluding hydrogens is 283 g/mol. The normalized spacial score (nSPS) is 15.2. The number of halogens is 1. The second-order valence-electron chi connectivity index (χ2n) is 5.94. The lowest BCUT2D eigenvalue weighted by Gasteiger charge is -2.17. The van der Waals surface area contributed by atoms with Gasteiger partial charge in [-0.05, 0) is 50.6 Å². The van der Waals surface area contributed by atoms with Crippen molar-refractivity contribution in [3.63, 3.8) is 0 Å². The summed E-state index contributed by atoms with van der Waals surface area (Å²) in [5, 5.41) is 4.30. The summed E-state index contributed by atoms with van der Waals surface area (Å²) < 4.78 is 15.4. The first-order valence-corrected chi connectivity index (χ1v) is 8.62. The van der Waals surface area contributed by atoms with Gasteiger partial charge in [0.05, 0.1) is 0 Å². The van der Waals surface area contributed by atoms with Crippen molar-refractivity contribution in [1.29, 1.82) is 0 Å². The van der Waals surface area contributed by atoms with E-state index in [4.69, 9.17) is 0 Å². The van der Waals surface area contributed by atoms with Crippen LogP contribution < -0.4 is 5.32 Å². The molecule has 0 radical (unpaired) electrons. The van der Waals surface area contributed by atoms with Crippen LogP contribution in [0.5, 0.6) is 0 Å². The molecule has 1 N–H and O–H groups in total. The minimum absolute atomic E-state index is 0.0790. The maximum Gasteiger partial charge on any atom is 0.132 e. The number of nitrogens with zero attached hydrogens (tertiary/aromatic N) is 1. The zero-order valence-corrected chi connectivity index (χ0v) is 13.6. The topological polar surface area (TPSA) is 15.3 Å². The van der Waals surface area contributed by atoms with Gasteiger partial charge in [-0.25, -0.2) is 4.39 Å². The van der Waals surface area contributed by atoms with Crippen LogP contribution in [0.2, 0.25) is 0 Å². The smallest absolute Gasteiger partial charge is 0.132 e. The Morgan fingerprint density at radius 1 is 1.38 bits per heavy atom. The average Bonchev–Trinajstić information content (AvgIpc) is 3.25. The summed E-state index contributed by atoms with van der Waals surface area (Å²) in [5.41, 5.74) is 1.19. The lowest BCUT2D eigenvalue weighted by Crippen LogP contribution is -2.21. The molecule has 0 spiro atoms. The third-order valence-electron chi connectivity index (χ3n) is 4.14. The summed E-state index contributed by atoms with van der Waals surface area (Å²) in [6.45, 7) is 4.88. The summed E-state index contributed by atoms with van der Waals surface area (Å²) in [6, 6.07) is 6.13. The van der Waals surface area contributed by atoms with E-state index < -0.39 is 0 Å². The molecule has 1 heterocycles. The number of fused-ring (bicyclic) bond motifs is 1. The third kappa shape index (κ3) is 3.28. The van der Waals surface area contributed by atoms with Gasteiger partial charge in [-0.2, -0.15) is 0 Å². The largest absolute Gasteiger partial charge is 0.312 e. The molecule has 1 aromatic carbocycles. The average molecular weight is 306 g/mol. The standard InChI is InChI=1S/C17H23FN2S/c1-3-9-19-10-16-13(11-20(2)12-7-8-12)17-14(18)5-4-6-15(17)21-16/h4-6,12,19H,3,7-11H2,1-2H3. The minimum Gasteiger partial charge on any atom is -0.312 e. The van der Waals surface area contributed by atoms with E-state index in [9.17, 15) is 4.39 Å². The van der Waals surface area contributed by atoms with E-state index in [1.165, 1.54) is 23.3 Å². The molecule has 2 nitrogen and oxygen atoms in total. The Morgan fingerprint density at radius 3 is 2.90 bits per heavy atom. The highest BCUT2D eigenvalue weighted by Crippen LogP contribution is 2.36. The second kappa shape index (κ2) is 6.42. The van der Waals surface area contributed by atoms with Crippen molar-refractivity contribution in [2.24, 2.45) is 0 Å². The van der Waals surface area contributed by atoms with Crippen LogP contribution in [0.3, 0.4) is 0 Å². The molecule has 1 aromatic heterocycles. The van der Waals surface area contributed by atoms with Gasteiger partial charge in [-0.15, -0.1) is 11.3 Å². The van der Waals surface area contributed by atoms with Crippen LogP contribution >= 0.6 is 11.3 Å². The molecule has 21 heavy (non-hydrogen) atoms. The fourth-order valence-electron chi connectivity index (χ4n) is 2.80. The number of hydrogen-bond acceptors (Lipinski definition) is 3. The van der Waals surface area contributed by atoms with Gasteiger partial charge in [0, 0.05) is 34.1 Å². The van der Waals surface area contributed by atoms with Gasteiger partial charge in [0.15, 0.2) is 0 Å². The molecule has 1 aliphatic rings. The van der Waals surface area contributed by atoms with Gasteiger partial charge < -0.3 is 5.32 Å². The second-order valence-corrected chi connectivity index (χ2v) is 7.08. The van der Waals surface area contributed by atoms with Crippen molar-refractivity contribution >= 4 is 21.4 Å². The van der Waals surface area contributed by atoms with E-state index in [0.29, 0.717) is 6.04 Å². The highest BCUT2D eigenvalue weighted by Gasteiger charge is 2.27. The number of benzene rings is 1. The van der Waals surface area contributed by atoms with Crippen molar-refractivity contribution in [1.82, 2.24) is 10.2 Å². The van der Waals surface area contributed by atoms with E-state index in [2.05, 4.69) is 24.2 Å². The van der Waals surface area contributed by atoms with Crippen molar-refractivity contribution in [3.05, 3.63) is 34.5 Å². The molecule has 0 amide bonds. The van der Waals surface area contributed by atoms with Gasteiger partial charge in [0.2, 0.25) is 0 Å². The zero-order chi connectivity index (χ0) is 14.8. The van der Waals surface area contributed by atoms with Crippen molar-refractivity contribution in [2.75, 3.05) is 13.6 Å². The van der Waals surface area contributed by atoms with Crippen molar-refractivity contribution in [3.8, 4) is 0 Å². The van der Waals surface area contributed by atoms with Gasteiger partial charge >= 0.3 is 0 Å². The Morgan fingerprint density at radius 2 is 2.19 bits per heavy atom. The summed E-state index contributed by atoms with van der Waals surface area (Å²) in [6.07, 6.45) is 3.69. The molecule has 4 heteroatoms. The molecule has 1 fully saturated rings. The van der Waals surface area contributed by atoms with Crippen LogP contribution in [0.25, 0.3) is 10.1 Å². The Bertz CT molecular complexity index is 619. The van der Waals surface area contributed by atoms with E-state index in [1.54, 1.807) is 17.4 Å². The van der Waals surface area contributed by atoms with Crippen LogP contribution in [-0.4, -0.2) is 24.5 Å². The lowest BCUT2D eigenvalue weighted by atomic mass is 10.1. The van der Waals surface area contributed by atoms with Crippen molar-refractivity contribution < 1.29 is 4.39 Å². The zero-order valence-electron chi connectivity index (χ0n) is 12.8. The first-order chi connectivity index (χ1) is 10.2. The maximum absolute atomic E-state index is 14.3. The van der Waals surface area contributed by atoms with E-state index in [-0.39, 0.29) is 5.82 Å². The van der Waals surface area contributed by atoms with E-state index in [1.807, 2.05) is 12.1 Å². The molecule has 0 saturated heterocycles. The Hall–Kier alpha value is -0.970. The number of thiophene rings is 1. The molecule has 1 aliphatic carbocycles. The molecule has 0 bridgehead atoms. The highest BCUT2D eigenvalue weighted by atomic mass is 32.1. The van der Waals surface area contributed by atoms with Crippen LogP contribution in [0.1, 0.15) is 36.6 Å².